The van der Waals surface area contributed by atoms with Crippen molar-refractivity contribution in [2.75, 3.05) is 6.54 Å². The predicted octanol–water partition coefficient (Wildman–Crippen LogP) is 3.22. The monoisotopic (exact) mass is 367 g/mol. The first-order chi connectivity index (χ1) is 11.4. The number of rotatable bonds is 7. The molecule has 0 unspecified atom stereocenters. The Kier molecular flexibility index (Phi) is 6.63. The summed E-state index contributed by atoms with van der Waals surface area (Å²) in [5, 5.41) is 2.68. The molecule has 0 fully saturated rings. The number of carbonyl (C=O) groups is 1. The van der Waals surface area contributed by atoms with Crippen molar-refractivity contribution in [2.45, 2.75) is 18.8 Å². The number of benzene rings is 2. The van der Waals surface area contributed by atoms with Gasteiger partial charge in [-0.1, -0.05) is 54.6 Å². The first kappa shape index (κ1) is 18.3. The van der Waals surface area contributed by atoms with Crippen molar-refractivity contribution < 1.29 is 17.9 Å². The van der Waals surface area contributed by atoms with Crippen molar-refractivity contribution >= 4 is 25.8 Å². The third-order valence-electron chi connectivity index (χ3n) is 3.26. The van der Waals surface area contributed by atoms with Gasteiger partial charge in [0.1, 0.15) is 6.61 Å². The quantitative estimate of drug-likeness (QED) is 0.762. The summed E-state index contributed by atoms with van der Waals surface area (Å²) in [5.74, 6) is -0.196. The Morgan fingerprint density at radius 3 is 2.21 bits per heavy atom. The van der Waals surface area contributed by atoms with Gasteiger partial charge in [-0.15, -0.1) is 0 Å². The molecule has 24 heavy (non-hydrogen) atoms. The normalized spacial score (nSPS) is 11.0. The molecule has 0 atom stereocenters. The Bertz CT molecular complexity index is 761. The summed E-state index contributed by atoms with van der Waals surface area (Å²) in [7, 11) is 1.66. The van der Waals surface area contributed by atoms with E-state index in [1.165, 1.54) is 0 Å². The second-order valence-corrected chi connectivity index (χ2v) is 8.02. The van der Waals surface area contributed by atoms with Gasteiger partial charge < -0.3 is 10.1 Å². The van der Waals surface area contributed by atoms with Crippen molar-refractivity contribution in [1.82, 2.24) is 5.32 Å². The maximum atomic E-state index is 11.6. The second-order valence-electron chi connectivity index (χ2n) is 5.24. The molecule has 0 spiro atoms. The van der Waals surface area contributed by atoms with Gasteiger partial charge in [0.2, 0.25) is 9.05 Å². The highest BCUT2D eigenvalue weighted by molar-refractivity contribution is 8.13. The number of alkyl carbamates (subject to hydrolysis) is 1. The number of hydrogen-bond acceptors (Lipinski definition) is 4. The molecule has 0 aliphatic rings. The minimum atomic E-state index is -3.55. The second kappa shape index (κ2) is 8.70. The average molecular weight is 368 g/mol. The molecule has 0 aliphatic heterocycles. The van der Waals surface area contributed by atoms with Gasteiger partial charge in [-0.2, -0.15) is 0 Å². The summed E-state index contributed by atoms with van der Waals surface area (Å²) in [4.78, 5) is 11.6. The van der Waals surface area contributed by atoms with Gasteiger partial charge >= 0.3 is 6.09 Å². The third-order valence-corrected chi connectivity index (χ3v) is 4.26. The van der Waals surface area contributed by atoms with E-state index in [9.17, 15) is 13.2 Å². The Balaban J connectivity index is 1.70. The molecule has 0 saturated heterocycles. The maximum absolute atomic E-state index is 11.6. The SMILES string of the molecule is O=C(NCCc1ccc(CS(=O)(=O)Cl)cc1)OCc1ccccc1. The topological polar surface area (TPSA) is 72.5 Å². The lowest BCUT2D eigenvalue weighted by Gasteiger charge is -2.07. The largest absolute Gasteiger partial charge is 0.445 e. The molecule has 0 heterocycles. The molecular weight excluding hydrogens is 350 g/mol. The van der Waals surface area contributed by atoms with Crippen molar-refractivity contribution in [1.29, 1.82) is 0 Å². The van der Waals surface area contributed by atoms with E-state index < -0.39 is 15.1 Å². The minimum absolute atomic E-state index is 0.196. The van der Waals surface area contributed by atoms with Crippen LogP contribution in [0.2, 0.25) is 0 Å². The van der Waals surface area contributed by atoms with Crippen molar-refractivity contribution in [3.63, 3.8) is 0 Å². The Hall–Kier alpha value is -2.05. The summed E-state index contributed by atoms with van der Waals surface area (Å²) >= 11 is 0. The van der Waals surface area contributed by atoms with E-state index in [-0.39, 0.29) is 12.4 Å². The predicted molar refractivity (Wildman–Crippen MR) is 93.3 cm³/mol. The van der Waals surface area contributed by atoms with Gasteiger partial charge in [0, 0.05) is 17.2 Å². The molecule has 0 radical (unpaired) electrons. The van der Waals surface area contributed by atoms with Gasteiger partial charge in [-0.3, -0.25) is 0 Å². The van der Waals surface area contributed by atoms with Crippen molar-refractivity contribution in [2.24, 2.45) is 0 Å². The van der Waals surface area contributed by atoms with Gasteiger partial charge in [0.25, 0.3) is 0 Å². The maximum Gasteiger partial charge on any atom is 0.407 e. The van der Waals surface area contributed by atoms with E-state index in [0.29, 0.717) is 18.5 Å². The molecule has 0 aliphatic carbocycles. The number of halogens is 1. The Labute approximate surface area is 146 Å². The van der Waals surface area contributed by atoms with Crippen LogP contribution in [-0.4, -0.2) is 21.1 Å². The molecule has 7 heteroatoms. The fourth-order valence-electron chi connectivity index (χ4n) is 2.08. The molecule has 2 aromatic carbocycles. The molecule has 1 N–H and O–H groups in total. The van der Waals surface area contributed by atoms with E-state index in [0.717, 1.165) is 11.1 Å². The number of amides is 1. The molecular formula is C17H18ClNO4S. The van der Waals surface area contributed by atoms with Crippen molar-refractivity contribution in [3.05, 3.63) is 71.3 Å². The summed E-state index contributed by atoms with van der Waals surface area (Å²) in [6.45, 7) is 0.662. The number of hydrogen-bond donors (Lipinski definition) is 1. The zero-order valence-electron chi connectivity index (χ0n) is 12.9. The number of nitrogens with one attached hydrogen (secondary N) is 1. The van der Waals surface area contributed by atoms with Crippen LogP contribution >= 0.6 is 10.7 Å². The number of carbonyl (C=O) groups excluding carboxylic acids is 1. The lowest BCUT2D eigenvalue weighted by Crippen LogP contribution is -2.26. The molecule has 128 valence electrons. The summed E-state index contributed by atoms with van der Waals surface area (Å²) in [5.41, 5.74) is 2.54. The van der Waals surface area contributed by atoms with Crippen molar-refractivity contribution in [3.8, 4) is 0 Å². The van der Waals surface area contributed by atoms with Gasteiger partial charge in [-0.05, 0) is 23.1 Å². The van der Waals surface area contributed by atoms with Crippen LogP contribution in [0.25, 0.3) is 0 Å². The first-order valence-corrected chi connectivity index (χ1v) is 9.85. The number of ether oxygens (including phenoxy) is 1. The zero-order chi connectivity index (χ0) is 17.4. The van der Waals surface area contributed by atoms with Crippen LogP contribution in [-0.2, 0) is 32.6 Å². The molecule has 2 rings (SSSR count). The van der Waals surface area contributed by atoms with Crippen LogP contribution in [0.15, 0.2) is 54.6 Å². The molecule has 0 saturated carbocycles. The summed E-state index contributed by atoms with van der Waals surface area (Å²) in [6.07, 6.45) is 0.151. The van der Waals surface area contributed by atoms with E-state index in [1.807, 2.05) is 42.5 Å². The summed E-state index contributed by atoms with van der Waals surface area (Å²) in [6, 6.07) is 16.5. The molecule has 0 bridgehead atoms. The Morgan fingerprint density at radius 1 is 0.958 bits per heavy atom. The van der Waals surface area contributed by atoms with E-state index in [2.05, 4.69) is 5.32 Å². The zero-order valence-corrected chi connectivity index (χ0v) is 14.5. The Morgan fingerprint density at radius 2 is 1.58 bits per heavy atom. The smallest absolute Gasteiger partial charge is 0.407 e. The van der Waals surface area contributed by atoms with Crippen LogP contribution in [0.1, 0.15) is 16.7 Å². The highest BCUT2D eigenvalue weighted by Crippen LogP contribution is 2.11. The average Bonchev–Trinajstić information content (AvgIpc) is 2.54. The molecule has 1 amide bonds. The first-order valence-electron chi connectivity index (χ1n) is 7.37. The molecule has 0 aromatic heterocycles. The van der Waals surface area contributed by atoms with Crippen LogP contribution in [0, 0.1) is 0 Å². The highest BCUT2D eigenvalue weighted by atomic mass is 35.7. The lowest BCUT2D eigenvalue weighted by atomic mass is 10.1. The fourth-order valence-corrected chi connectivity index (χ4v) is 3.05. The fraction of sp³-hybridized carbons (Fsp3) is 0.235. The highest BCUT2D eigenvalue weighted by Gasteiger charge is 2.07. The van der Waals surface area contributed by atoms with Crippen LogP contribution in [0.3, 0.4) is 0 Å². The summed E-state index contributed by atoms with van der Waals surface area (Å²) < 4.78 is 27.1. The van der Waals surface area contributed by atoms with Gasteiger partial charge in [0.05, 0.1) is 5.75 Å². The van der Waals surface area contributed by atoms with Crippen LogP contribution < -0.4 is 5.32 Å². The van der Waals surface area contributed by atoms with Gasteiger partial charge in [-0.25, -0.2) is 13.2 Å². The van der Waals surface area contributed by atoms with E-state index in [1.54, 1.807) is 12.1 Å². The van der Waals surface area contributed by atoms with Crippen LogP contribution in [0.4, 0.5) is 4.79 Å². The molecule has 2 aromatic rings. The third kappa shape index (κ3) is 7.02. The van der Waals surface area contributed by atoms with E-state index >= 15 is 0 Å². The van der Waals surface area contributed by atoms with Crippen LogP contribution in [0.5, 0.6) is 0 Å². The lowest BCUT2D eigenvalue weighted by molar-refractivity contribution is 0.140. The standard InChI is InChI=1S/C17H18ClNO4S/c18-24(21,22)13-16-8-6-14(7-9-16)10-11-19-17(20)23-12-15-4-2-1-3-5-15/h1-9H,10-13H2,(H,19,20). The van der Waals surface area contributed by atoms with Gasteiger partial charge in [0.15, 0.2) is 0 Å². The van der Waals surface area contributed by atoms with E-state index in [4.69, 9.17) is 15.4 Å². The molecule has 5 nitrogen and oxygen atoms in total. The minimum Gasteiger partial charge on any atom is -0.445 e.